The minimum absolute atomic E-state index is 0.0205. The van der Waals surface area contributed by atoms with Crippen LogP contribution < -0.4 is 16.0 Å². The zero-order chi connectivity index (χ0) is 17.0. The van der Waals surface area contributed by atoms with Crippen molar-refractivity contribution in [3.05, 3.63) is 29.8 Å². The molecule has 6 heteroatoms. The van der Waals surface area contributed by atoms with Gasteiger partial charge in [-0.05, 0) is 29.9 Å². The second-order valence-corrected chi connectivity index (χ2v) is 6.98. The summed E-state index contributed by atoms with van der Waals surface area (Å²) in [5, 5.41) is 9.86. The lowest BCUT2D eigenvalue weighted by Crippen LogP contribution is -2.52. The number of carbonyl (C=O) groups is 1. The Morgan fingerprint density at radius 2 is 1.96 bits per heavy atom. The van der Waals surface area contributed by atoms with Crippen molar-refractivity contribution in [2.24, 2.45) is 5.84 Å². The molecule has 0 aromatic heterocycles. The Balaban J connectivity index is 1.96. The number of hydrazine groups is 1. The zero-order valence-corrected chi connectivity index (χ0v) is 14.1. The summed E-state index contributed by atoms with van der Waals surface area (Å²) in [7, 11) is 0. The molecule has 0 aliphatic carbocycles. The molecule has 1 heterocycles. The fourth-order valence-electron chi connectivity index (χ4n) is 2.85. The first-order valence-corrected chi connectivity index (χ1v) is 8.01. The number of likely N-dealkylation sites (tertiary alicyclic amines) is 1. The highest BCUT2D eigenvalue weighted by atomic mass is 16.5. The highest BCUT2D eigenvalue weighted by molar-refractivity contribution is 5.79. The van der Waals surface area contributed by atoms with Crippen molar-refractivity contribution in [3.63, 3.8) is 0 Å². The van der Waals surface area contributed by atoms with Gasteiger partial charge in [0.2, 0.25) is 0 Å². The molecule has 1 aromatic rings. The minimum atomic E-state index is -1.19. The van der Waals surface area contributed by atoms with Crippen LogP contribution in [0.4, 0.5) is 0 Å². The van der Waals surface area contributed by atoms with Gasteiger partial charge in [0.15, 0.2) is 6.23 Å². The van der Waals surface area contributed by atoms with Crippen LogP contribution in [0.5, 0.6) is 5.75 Å². The van der Waals surface area contributed by atoms with Gasteiger partial charge in [-0.1, -0.05) is 39.0 Å². The number of nitrogens with zero attached hydrogens (tertiary/aromatic N) is 1. The van der Waals surface area contributed by atoms with Crippen molar-refractivity contribution in [1.82, 2.24) is 10.3 Å². The summed E-state index contributed by atoms with van der Waals surface area (Å²) in [5.41, 5.74) is 3.18. The van der Waals surface area contributed by atoms with Gasteiger partial charge in [-0.25, -0.2) is 5.84 Å². The average molecular weight is 321 g/mol. The fourth-order valence-corrected chi connectivity index (χ4v) is 2.85. The molecular weight excluding hydrogens is 294 g/mol. The monoisotopic (exact) mass is 321 g/mol. The van der Waals surface area contributed by atoms with Gasteiger partial charge in [-0.15, -0.1) is 0 Å². The van der Waals surface area contributed by atoms with Crippen LogP contribution in [0.15, 0.2) is 24.3 Å². The summed E-state index contributed by atoms with van der Waals surface area (Å²) in [6.45, 7) is 7.69. The first-order valence-electron chi connectivity index (χ1n) is 8.01. The lowest BCUT2D eigenvalue weighted by Gasteiger charge is -2.35. The second kappa shape index (κ2) is 7.29. The summed E-state index contributed by atoms with van der Waals surface area (Å²) in [6, 6.07) is 8.11. The molecule has 0 bridgehead atoms. The van der Waals surface area contributed by atoms with Crippen molar-refractivity contribution in [1.29, 1.82) is 0 Å². The molecule has 1 unspecified atom stereocenters. The second-order valence-electron chi connectivity index (χ2n) is 6.98. The highest BCUT2D eigenvalue weighted by Gasteiger charge is 2.29. The standard InChI is InChI=1S/C17H27N3O3/c1-17(2,3)13-6-4-5-7-14(13)23-12-8-10-20(11-9-12)16(22)15(21)19-18/h4-7,12,16,22H,8-11,18H2,1-3H3,(H,19,21). The maximum absolute atomic E-state index is 11.4. The number of piperidine rings is 1. The zero-order valence-electron chi connectivity index (χ0n) is 14.1. The Kier molecular flexibility index (Phi) is 5.62. The van der Waals surface area contributed by atoms with Crippen molar-refractivity contribution in [2.45, 2.75) is 51.4 Å². The van der Waals surface area contributed by atoms with E-state index in [0.717, 1.165) is 18.6 Å². The van der Waals surface area contributed by atoms with E-state index in [2.05, 4.69) is 26.8 Å². The SMILES string of the molecule is CC(C)(C)c1ccccc1OC1CCN(C(O)C(=O)NN)CC1. The average Bonchev–Trinajstić information content (AvgIpc) is 2.53. The van der Waals surface area contributed by atoms with Gasteiger partial charge in [-0.2, -0.15) is 0 Å². The van der Waals surface area contributed by atoms with Crippen LogP contribution in [0.1, 0.15) is 39.2 Å². The van der Waals surface area contributed by atoms with Crippen LogP contribution in [0.3, 0.4) is 0 Å². The quantitative estimate of drug-likeness (QED) is 0.440. The molecule has 1 amide bonds. The topological polar surface area (TPSA) is 87.8 Å². The van der Waals surface area contributed by atoms with E-state index in [4.69, 9.17) is 10.6 Å². The molecule has 1 saturated heterocycles. The van der Waals surface area contributed by atoms with Crippen molar-refractivity contribution < 1.29 is 14.6 Å². The molecular formula is C17H27N3O3. The summed E-state index contributed by atoms with van der Waals surface area (Å²) >= 11 is 0. The van der Waals surface area contributed by atoms with Crippen molar-refractivity contribution in [3.8, 4) is 5.75 Å². The molecule has 2 rings (SSSR count). The van der Waals surface area contributed by atoms with Crippen LogP contribution in [0.2, 0.25) is 0 Å². The number of benzene rings is 1. The lowest BCUT2D eigenvalue weighted by molar-refractivity contribution is -0.141. The van der Waals surface area contributed by atoms with Crippen LogP contribution in [0.25, 0.3) is 0 Å². The minimum Gasteiger partial charge on any atom is -0.490 e. The van der Waals surface area contributed by atoms with E-state index in [-0.39, 0.29) is 11.5 Å². The molecule has 1 aliphatic rings. The van der Waals surface area contributed by atoms with E-state index >= 15 is 0 Å². The summed E-state index contributed by atoms with van der Waals surface area (Å²) in [5.74, 6) is 5.39. The fraction of sp³-hybridized carbons (Fsp3) is 0.588. The molecule has 0 spiro atoms. The molecule has 1 aliphatic heterocycles. The largest absolute Gasteiger partial charge is 0.490 e. The first kappa shape index (κ1) is 17.7. The Morgan fingerprint density at radius 1 is 1.35 bits per heavy atom. The number of aliphatic hydroxyl groups is 1. The number of rotatable bonds is 4. The number of aliphatic hydroxyl groups excluding tert-OH is 1. The van der Waals surface area contributed by atoms with Gasteiger partial charge in [0.05, 0.1) is 0 Å². The van der Waals surface area contributed by atoms with Gasteiger partial charge in [-0.3, -0.25) is 15.1 Å². The van der Waals surface area contributed by atoms with Crippen LogP contribution in [-0.2, 0) is 10.2 Å². The number of hydrogen-bond donors (Lipinski definition) is 3. The highest BCUT2D eigenvalue weighted by Crippen LogP contribution is 2.32. The van der Waals surface area contributed by atoms with E-state index in [1.54, 1.807) is 4.90 Å². The number of para-hydroxylation sites is 1. The maximum atomic E-state index is 11.4. The lowest BCUT2D eigenvalue weighted by atomic mass is 9.86. The number of hydrogen-bond acceptors (Lipinski definition) is 5. The van der Waals surface area contributed by atoms with Gasteiger partial charge >= 0.3 is 0 Å². The molecule has 23 heavy (non-hydrogen) atoms. The van der Waals surface area contributed by atoms with Crippen LogP contribution in [0, 0.1) is 0 Å². The van der Waals surface area contributed by atoms with Gasteiger partial charge in [0, 0.05) is 13.1 Å². The molecule has 1 aromatic carbocycles. The molecule has 1 atom stereocenters. The third kappa shape index (κ3) is 4.43. The van der Waals surface area contributed by atoms with Crippen LogP contribution in [-0.4, -0.2) is 41.3 Å². The van der Waals surface area contributed by atoms with Crippen molar-refractivity contribution >= 4 is 5.91 Å². The number of amides is 1. The normalized spacial score (nSPS) is 18.5. The van der Waals surface area contributed by atoms with E-state index < -0.39 is 12.1 Å². The van der Waals surface area contributed by atoms with Gasteiger partial charge in [0.1, 0.15) is 11.9 Å². The molecule has 0 saturated carbocycles. The third-order valence-corrected chi connectivity index (χ3v) is 4.19. The Bertz CT molecular complexity index is 534. The predicted molar refractivity (Wildman–Crippen MR) is 88.7 cm³/mol. The van der Waals surface area contributed by atoms with E-state index in [1.165, 1.54) is 5.56 Å². The Hall–Kier alpha value is -1.63. The smallest absolute Gasteiger partial charge is 0.278 e. The van der Waals surface area contributed by atoms with E-state index in [9.17, 15) is 9.90 Å². The van der Waals surface area contributed by atoms with Gasteiger partial charge in [0.25, 0.3) is 5.91 Å². The molecule has 4 N–H and O–H groups in total. The Labute approximate surface area is 137 Å². The predicted octanol–water partition coefficient (Wildman–Crippen LogP) is 1.14. The summed E-state index contributed by atoms with van der Waals surface area (Å²) in [6.07, 6.45) is 0.409. The van der Waals surface area contributed by atoms with E-state index in [1.807, 2.05) is 23.6 Å². The van der Waals surface area contributed by atoms with Crippen molar-refractivity contribution in [2.75, 3.05) is 13.1 Å². The van der Waals surface area contributed by atoms with Crippen LogP contribution >= 0.6 is 0 Å². The van der Waals surface area contributed by atoms with Gasteiger partial charge < -0.3 is 9.84 Å². The number of nitrogens with one attached hydrogen (secondary N) is 1. The first-order chi connectivity index (χ1) is 10.8. The molecule has 1 fully saturated rings. The molecule has 128 valence electrons. The Morgan fingerprint density at radius 3 is 2.52 bits per heavy atom. The summed E-state index contributed by atoms with van der Waals surface area (Å²) < 4.78 is 6.19. The number of ether oxygens (including phenoxy) is 1. The number of carbonyl (C=O) groups excluding carboxylic acids is 1. The molecule has 0 radical (unpaired) electrons. The number of nitrogens with two attached hydrogens (primary N) is 1. The third-order valence-electron chi connectivity index (χ3n) is 4.19. The van der Waals surface area contributed by atoms with E-state index in [0.29, 0.717) is 13.1 Å². The summed E-state index contributed by atoms with van der Waals surface area (Å²) in [4.78, 5) is 13.1. The maximum Gasteiger partial charge on any atom is 0.278 e. The molecule has 6 nitrogen and oxygen atoms in total.